The summed E-state index contributed by atoms with van der Waals surface area (Å²) in [7, 11) is -3.42. The number of sulfone groups is 1. The minimum Gasteiger partial charge on any atom is -0.272 e. The molecule has 1 heterocycles. The van der Waals surface area contributed by atoms with Crippen LogP contribution in [0, 0.1) is 11.6 Å². The van der Waals surface area contributed by atoms with Crippen LogP contribution in [-0.4, -0.2) is 30.4 Å². The fraction of sp³-hybridized carbons (Fsp3) is 0.0800. The predicted molar refractivity (Wildman–Crippen MR) is 123 cm³/mol. The SMILES string of the molecule is CS(=O)(=O)c1ccc(-c2cnn(C(=O)Cc3ccc(F)cc3)c(=O)c2-c2ccc(F)cc2)cc1. The van der Waals surface area contributed by atoms with Crippen LogP contribution in [0.4, 0.5) is 8.78 Å². The molecule has 3 aromatic carbocycles. The molecule has 0 aliphatic rings. The minimum atomic E-state index is -3.42. The van der Waals surface area contributed by atoms with Crippen molar-refractivity contribution in [3.8, 4) is 22.3 Å². The molecule has 0 spiro atoms. The Morgan fingerprint density at radius 2 is 1.38 bits per heavy atom. The summed E-state index contributed by atoms with van der Waals surface area (Å²) in [6, 6.07) is 16.4. The molecule has 34 heavy (non-hydrogen) atoms. The van der Waals surface area contributed by atoms with E-state index in [4.69, 9.17) is 0 Å². The molecule has 0 aliphatic carbocycles. The van der Waals surface area contributed by atoms with Gasteiger partial charge in [0.05, 0.1) is 23.1 Å². The van der Waals surface area contributed by atoms with Gasteiger partial charge in [0.1, 0.15) is 11.6 Å². The monoisotopic (exact) mass is 480 g/mol. The summed E-state index contributed by atoms with van der Waals surface area (Å²) in [5.41, 5.74) is 1.10. The van der Waals surface area contributed by atoms with E-state index in [0.29, 0.717) is 22.3 Å². The van der Waals surface area contributed by atoms with Gasteiger partial charge >= 0.3 is 0 Å². The van der Waals surface area contributed by atoms with Crippen molar-refractivity contribution in [2.45, 2.75) is 11.3 Å². The molecule has 0 amide bonds. The quantitative estimate of drug-likeness (QED) is 0.429. The van der Waals surface area contributed by atoms with E-state index in [2.05, 4.69) is 5.10 Å². The lowest BCUT2D eigenvalue weighted by atomic mass is 9.97. The normalized spacial score (nSPS) is 11.4. The van der Waals surface area contributed by atoms with Gasteiger partial charge in [-0.25, -0.2) is 17.2 Å². The summed E-state index contributed by atoms with van der Waals surface area (Å²) in [6.07, 6.45) is 2.23. The lowest BCUT2D eigenvalue weighted by Gasteiger charge is -2.12. The number of halogens is 2. The van der Waals surface area contributed by atoms with E-state index in [1.54, 1.807) is 0 Å². The van der Waals surface area contributed by atoms with E-state index in [9.17, 15) is 26.8 Å². The van der Waals surface area contributed by atoms with Gasteiger partial charge in [0.2, 0.25) is 0 Å². The number of hydrogen-bond donors (Lipinski definition) is 0. The highest BCUT2D eigenvalue weighted by molar-refractivity contribution is 7.90. The first-order valence-corrected chi connectivity index (χ1v) is 12.0. The maximum absolute atomic E-state index is 13.5. The number of carbonyl (C=O) groups is 1. The fourth-order valence-electron chi connectivity index (χ4n) is 3.48. The first-order valence-electron chi connectivity index (χ1n) is 10.1. The van der Waals surface area contributed by atoms with Gasteiger partial charge in [0, 0.05) is 11.8 Å². The number of rotatable bonds is 5. The summed E-state index contributed by atoms with van der Waals surface area (Å²) in [4.78, 5) is 26.3. The molecule has 0 bridgehead atoms. The summed E-state index contributed by atoms with van der Waals surface area (Å²) < 4.78 is 51.0. The number of nitrogens with zero attached hydrogens (tertiary/aromatic N) is 2. The summed E-state index contributed by atoms with van der Waals surface area (Å²) in [5.74, 6) is -1.57. The van der Waals surface area contributed by atoms with Crippen LogP contribution >= 0.6 is 0 Å². The van der Waals surface area contributed by atoms with Crippen LogP contribution in [-0.2, 0) is 16.3 Å². The molecule has 1 aromatic heterocycles. The van der Waals surface area contributed by atoms with Crippen LogP contribution in [0.3, 0.4) is 0 Å². The zero-order valence-electron chi connectivity index (χ0n) is 17.9. The Morgan fingerprint density at radius 3 is 1.94 bits per heavy atom. The molecule has 6 nitrogen and oxygen atoms in total. The smallest absolute Gasteiger partial charge is 0.272 e. The predicted octanol–water partition coefficient (Wildman–Crippen LogP) is 4.14. The first kappa shape index (κ1) is 23.2. The molecule has 0 N–H and O–H groups in total. The molecule has 9 heteroatoms. The van der Waals surface area contributed by atoms with E-state index in [-0.39, 0.29) is 16.9 Å². The van der Waals surface area contributed by atoms with Gasteiger partial charge in [-0.05, 0) is 53.1 Å². The van der Waals surface area contributed by atoms with Crippen LogP contribution in [0.5, 0.6) is 0 Å². The topological polar surface area (TPSA) is 86.1 Å². The highest BCUT2D eigenvalue weighted by Crippen LogP contribution is 2.29. The van der Waals surface area contributed by atoms with Crippen molar-refractivity contribution in [1.29, 1.82) is 0 Å². The second-order valence-corrected chi connectivity index (χ2v) is 9.67. The van der Waals surface area contributed by atoms with Crippen molar-refractivity contribution >= 4 is 15.7 Å². The number of benzene rings is 3. The van der Waals surface area contributed by atoms with Crippen molar-refractivity contribution in [3.05, 3.63) is 107 Å². The average molecular weight is 480 g/mol. The van der Waals surface area contributed by atoms with E-state index in [1.165, 1.54) is 79.0 Å². The van der Waals surface area contributed by atoms with Crippen molar-refractivity contribution < 1.29 is 22.0 Å². The molecule has 0 unspecified atom stereocenters. The average Bonchev–Trinajstić information content (AvgIpc) is 2.80. The van der Waals surface area contributed by atoms with Gasteiger partial charge in [-0.15, -0.1) is 0 Å². The van der Waals surface area contributed by atoms with Crippen molar-refractivity contribution in [2.24, 2.45) is 0 Å². The zero-order chi connectivity index (χ0) is 24.5. The van der Waals surface area contributed by atoms with Gasteiger partial charge < -0.3 is 0 Å². The molecular weight excluding hydrogens is 462 g/mol. The van der Waals surface area contributed by atoms with E-state index < -0.39 is 32.9 Å². The highest BCUT2D eigenvalue weighted by Gasteiger charge is 2.19. The minimum absolute atomic E-state index is 0.106. The second-order valence-electron chi connectivity index (χ2n) is 7.65. The number of aromatic nitrogens is 2. The largest absolute Gasteiger partial charge is 0.282 e. The zero-order valence-corrected chi connectivity index (χ0v) is 18.7. The van der Waals surface area contributed by atoms with Crippen molar-refractivity contribution in [2.75, 3.05) is 6.26 Å². The third-order valence-corrected chi connectivity index (χ3v) is 6.34. The van der Waals surface area contributed by atoms with Gasteiger partial charge in [-0.1, -0.05) is 36.4 Å². The fourth-order valence-corrected chi connectivity index (χ4v) is 4.11. The summed E-state index contributed by atoms with van der Waals surface area (Å²) >= 11 is 0. The Morgan fingerprint density at radius 1 is 0.853 bits per heavy atom. The van der Waals surface area contributed by atoms with E-state index in [1.807, 2.05) is 0 Å². The number of hydrogen-bond acceptors (Lipinski definition) is 5. The van der Waals surface area contributed by atoms with Gasteiger partial charge in [0.15, 0.2) is 9.84 Å². The second kappa shape index (κ2) is 9.11. The standard InChI is InChI=1S/C25H18F2N2O4S/c1-34(32,33)21-12-6-17(7-13-21)22-15-28-29(23(30)14-16-2-8-19(26)9-3-16)25(31)24(22)18-4-10-20(27)11-5-18/h2-13,15H,14H2,1H3. The van der Waals surface area contributed by atoms with Gasteiger partial charge in [-0.3, -0.25) is 9.59 Å². The molecule has 0 atom stereocenters. The van der Waals surface area contributed by atoms with Crippen LogP contribution in [0.2, 0.25) is 0 Å². The van der Waals surface area contributed by atoms with Crippen molar-refractivity contribution in [3.63, 3.8) is 0 Å². The third-order valence-electron chi connectivity index (χ3n) is 5.21. The molecular formula is C25H18F2N2O4S. The molecule has 0 radical (unpaired) electrons. The summed E-state index contributed by atoms with van der Waals surface area (Å²) in [5, 5.41) is 4.03. The van der Waals surface area contributed by atoms with Gasteiger partial charge in [0.25, 0.3) is 11.5 Å². The molecule has 0 saturated carbocycles. The molecule has 4 rings (SSSR count). The first-order chi connectivity index (χ1) is 16.1. The lowest BCUT2D eigenvalue weighted by Crippen LogP contribution is -2.31. The lowest BCUT2D eigenvalue weighted by molar-refractivity contribution is 0.0892. The number of carbonyl (C=O) groups excluding carboxylic acids is 1. The molecule has 0 aliphatic heterocycles. The van der Waals surface area contributed by atoms with E-state index in [0.717, 1.165) is 10.9 Å². The van der Waals surface area contributed by atoms with Gasteiger partial charge in [-0.2, -0.15) is 9.78 Å². The van der Waals surface area contributed by atoms with Crippen molar-refractivity contribution in [1.82, 2.24) is 9.78 Å². The van der Waals surface area contributed by atoms with E-state index >= 15 is 0 Å². The summed E-state index contributed by atoms with van der Waals surface area (Å²) in [6.45, 7) is 0. The Hall–Kier alpha value is -3.98. The maximum Gasteiger partial charge on any atom is 0.282 e. The third kappa shape index (κ3) is 4.84. The van der Waals surface area contributed by atoms with Crippen LogP contribution in [0.15, 0.2) is 88.7 Å². The Kier molecular flexibility index (Phi) is 6.21. The van der Waals surface area contributed by atoms with Crippen LogP contribution in [0.25, 0.3) is 22.3 Å². The Bertz CT molecular complexity index is 1530. The van der Waals surface area contributed by atoms with Crippen LogP contribution in [0.1, 0.15) is 10.4 Å². The molecule has 4 aromatic rings. The molecule has 0 fully saturated rings. The molecule has 0 saturated heterocycles. The van der Waals surface area contributed by atoms with Crippen LogP contribution < -0.4 is 5.56 Å². The highest BCUT2D eigenvalue weighted by atomic mass is 32.2. The Labute approximate surface area is 194 Å². The maximum atomic E-state index is 13.5. The molecule has 172 valence electrons. The Balaban J connectivity index is 1.83.